The average Bonchev–Trinajstić information content (AvgIpc) is 3.28. The van der Waals surface area contributed by atoms with Crippen molar-refractivity contribution in [2.45, 2.75) is 87.0 Å². The van der Waals surface area contributed by atoms with Crippen LogP contribution in [-0.2, 0) is 30.6 Å². The highest BCUT2D eigenvalue weighted by Gasteiger charge is 2.67. The van der Waals surface area contributed by atoms with Gasteiger partial charge < -0.3 is 20.5 Å². The Hall–Kier alpha value is -2.88. The fraction of sp³-hybridized carbons (Fsp3) is 0.560. The van der Waals surface area contributed by atoms with Crippen molar-refractivity contribution in [2.75, 3.05) is 0 Å². The molecule has 2 aliphatic heterocycles. The number of H-pyrrole nitrogens is 1. The predicted molar refractivity (Wildman–Crippen MR) is 131 cm³/mol. The first-order chi connectivity index (χ1) is 16.6. The van der Waals surface area contributed by atoms with Gasteiger partial charge in [-0.1, -0.05) is 37.5 Å². The van der Waals surface area contributed by atoms with Crippen LogP contribution in [0, 0.1) is 0 Å². The normalized spacial score (nSPS) is 26.1. The summed E-state index contributed by atoms with van der Waals surface area (Å²) >= 11 is 0. The maximum atomic E-state index is 13.5. The van der Waals surface area contributed by atoms with Crippen molar-refractivity contribution < 1.29 is 22.8 Å². The van der Waals surface area contributed by atoms with Crippen molar-refractivity contribution >= 4 is 38.5 Å². The van der Waals surface area contributed by atoms with E-state index in [4.69, 9.17) is 0 Å². The molecule has 3 fully saturated rings. The van der Waals surface area contributed by atoms with E-state index in [0.717, 1.165) is 48.6 Å². The lowest BCUT2D eigenvalue weighted by Gasteiger charge is -2.37. The second kappa shape index (κ2) is 8.65. The summed E-state index contributed by atoms with van der Waals surface area (Å²) < 4.78 is 24.5. The van der Waals surface area contributed by atoms with E-state index in [1.54, 1.807) is 0 Å². The van der Waals surface area contributed by atoms with Crippen molar-refractivity contribution in [1.29, 1.82) is 0 Å². The van der Waals surface area contributed by atoms with E-state index in [-0.39, 0.29) is 30.7 Å². The van der Waals surface area contributed by atoms with Crippen LogP contribution in [0.3, 0.4) is 0 Å². The molecule has 0 spiro atoms. The van der Waals surface area contributed by atoms with Crippen molar-refractivity contribution in [3.8, 4) is 0 Å². The quantitative estimate of drug-likeness (QED) is 0.521. The zero-order chi connectivity index (χ0) is 25.0. The Morgan fingerprint density at radius 2 is 1.89 bits per heavy atom. The highest BCUT2D eigenvalue weighted by atomic mass is 32.2. The number of fused-ring (bicyclic) bond motifs is 2. The van der Waals surface area contributed by atoms with Crippen LogP contribution in [0.2, 0.25) is 0 Å². The van der Waals surface area contributed by atoms with Gasteiger partial charge in [0, 0.05) is 29.6 Å². The van der Waals surface area contributed by atoms with Gasteiger partial charge in [-0.05, 0) is 38.3 Å². The Kier molecular flexibility index (Phi) is 5.89. The van der Waals surface area contributed by atoms with E-state index >= 15 is 0 Å². The van der Waals surface area contributed by atoms with Gasteiger partial charge in [0.25, 0.3) is 0 Å². The number of aromatic amines is 1. The van der Waals surface area contributed by atoms with E-state index in [2.05, 4.69) is 15.6 Å². The summed E-state index contributed by atoms with van der Waals surface area (Å²) in [7, 11) is -3.71. The van der Waals surface area contributed by atoms with Crippen LogP contribution in [-0.4, -0.2) is 64.3 Å². The molecule has 3 N–H and O–H groups in total. The second-order valence-corrected chi connectivity index (χ2v) is 13.2. The number of amides is 3. The van der Waals surface area contributed by atoms with Gasteiger partial charge in [0.2, 0.25) is 17.7 Å². The van der Waals surface area contributed by atoms with E-state index in [1.807, 2.05) is 30.5 Å². The highest BCUT2D eigenvalue weighted by Crippen LogP contribution is 2.45. The number of hydrogen-bond donors (Lipinski definition) is 3. The Morgan fingerprint density at radius 1 is 1.17 bits per heavy atom. The number of carbonyl (C=O) groups is 3. The summed E-state index contributed by atoms with van der Waals surface area (Å²) in [6.07, 6.45) is 7.03. The topological polar surface area (TPSA) is 128 Å². The first-order valence-corrected chi connectivity index (χ1v) is 13.9. The molecule has 3 amide bonds. The zero-order valence-corrected chi connectivity index (χ0v) is 20.9. The summed E-state index contributed by atoms with van der Waals surface area (Å²) in [6, 6.07) is 5.70. The van der Waals surface area contributed by atoms with E-state index in [9.17, 15) is 22.8 Å². The number of β-lactam (4-membered cyclic amide) rings is 1. The number of hydrogen-bond acceptors (Lipinski definition) is 5. The molecular formula is C25H32N4O5S. The highest BCUT2D eigenvalue weighted by molar-refractivity contribution is 7.93. The molecule has 35 heavy (non-hydrogen) atoms. The predicted octanol–water partition coefficient (Wildman–Crippen LogP) is 1.78. The number of para-hydroxylation sites is 1. The lowest BCUT2D eigenvalue weighted by atomic mass is 9.94. The number of carbonyl (C=O) groups excluding carboxylic acids is 3. The molecule has 0 radical (unpaired) electrons. The molecule has 10 heteroatoms. The number of sulfone groups is 1. The molecule has 3 heterocycles. The van der Waals surface area contributed by atoms with Crippen molar-refractivity contribution in [3.05, 3.63) is 36.0 Å². The molecular weight excluding hydrogens is 468 g/mol. The van der Waals surface area contributed by atoms with E-state index in [1.165, 1.54) is 18.7 Å². The maximum absolute atomic E-state index is 13.5. The van der Waals surface area contributed by atoms with Crippen LogP contribution in [0.5, 0.6) is 0 Å². The van der Waals surface area contributed by atoms with E-state index in [0.29, 0.717) is 0 Å². The van der Waals surface area contributed by atoms with Gasteiger partial charge in [-0.2, -0.15) is 0 Å². The molecule has 188 valence electrons. The minimum atomic E-state index is -3.71. The largest absolute Gasteiger partial charge is 0.361 e. The molecule has 2 aromatic rings. The van der Waals surface area contributed by atoms with E-state index < -0.39 is 37.9 Å². The third-order valence-corrected chi connectivity index (χ3v) is 10.7. The summed E-state index contributed by atoms with van der Waals surface area (Å²) in [5, 5.41) is 5.91. The van der Waals surface area contributed by atoms with Crippen LogP contribution >= 0.6 is 0 Å². The van der Waals surface area contributed by atoms with Gasteiger partial charge in [0.15, 0.2) is 9.84 Å². The number of aromatic nitrogens is 1. The summed E-state index contributed by atoms with van der Waals surface area (Å²) in [4.78, 5) is 43.6. The monoisotopic (exact) mass is 500 g/mol. The first kappa shape index (κ1) is 23.8. The number of nitrogens with one attached hydrogen (secondary N) is 3. The molecule has 5 rings (SSSR count). The fourth-order valence-electron chi connectivity index (χ4n) is 5.78. The average molecular weight is 501 g/mol. The van der Waals surface area contributed by atoms with Crippen molar-refractivity contribution in [1.82, 2.24) is 20.5 Å². The third-order valence-electron chi connectivity index (χ3n) is 7.91. The third kappa shape index (κ3) is 3.91. The Balaban J connectivity index is 1.41. The number of nitrogens with zero attached hydrogens (tertiary/aromatic N) is 1. The lowest BCUT2D eigenvalue weighted by molar-refractivity contribution is -0.150. The van der Waals surface area contributed by atoms with Gasteiger partial charge in [0.1, 0.15) is 17.5 Å². The van der Waals surface area contributed by atoms with Gasteiger partial charge in [0.05, 0.1) is 11.2 Å². The Morgan fingerprint density at radius 3 is 2.60 bits per heavy atom. The van der Waals surface area contributed by atoms with Crippen LogP contribution in [0.15, 0.2) is 30.5 Å². The van der Waals surface area contributed by atoms with Gasteiger partial charge in [-0.3, -0.25) is 14.4 Å². The minimum absolute atomic E-state index is 0.0586. The summed E-state index contributed by atoms with van der Waals surface area (Å²) in [6.45, 7) is 2.96. The minimum Gasteiger partial charge on any atom is -0.361 e. The smallest absolute Gasteiger partial charge is 0.245 e. The molecule has 1 aliphatic carbocycles. The summed E-state index contributed by atoms with van der Waals surface area (Å²) in [5.74, 6) is -1.26. The van der Waals surface area contributed by atoms with Gasteiger partial charge in [-0.25, -0.2) is 8.42 Å². The fourth-order valence-corrected chi connectivity index (χ4v) is 7.92. The van der Waals surface area contributed by atoms with Crippen LogP contribution in [0.4, 0.5) is 0 Å². The SMILES string of the molecule is CC1(C)[C@@H](C(=O)N[C@@H](Cc2c[nH]c3ccccc23)C(=O)NC2CCCCC2)N2C(=O)C[C@H]2S1(=O)=O. The van der Waals surface area contributed by atoms with Crippen LogP contribution in [0.25, 0.3) is 10.9 Å². The molecule has 0 unspecified atom stereocenters. The lowest BCUT2D eigenvalue weighted by Crippen LogP contribution is -2.62. The Labute approximate surface area is 204 Å². The molecule has 1 saturated carbocycles. The molecule has 1 aromatic carbocycles. The maximum Gasteiger partial charge on any atom is 0.245 e. The Bertz CT molecular complexity index is 1280. The van der Waals surface area contributed by atoms with Gasteiger partial charge >= 0.3 is 0 Å². The van der Waals surface area contributed by atoms with Crippen molar-refractivity contribution in [2.24, 2.45) is 0 Å². The van der Waals surface area contributed by atoms with Crippen molar-refractivity contribution in [3.63, 3.8) is 0 Å². The summed E-state index contributed by atoms with van der Waals surface area (Å²) in [5.41, 5.74) is 1.80. The zero-order valence-electron chi connectivity index (χ0n) is 20.0. The standard InChI is InChI=1S/C25H32N4O5S/c1-25(2)22(29-20(30)13-21(29)35(25,33)34)24(32)28-19(23(31)27-16-8-4-3-5-9-16)12-15-14-26-18-11-7-6-10-17(15)18/h6-7,10-11,14,16,19,21-22,26H,3-5,8-9,12-13H2,1-2H3,(H,27,31)(H,28,32)/t19-,21+,22+/m0/s1. The molecule has 3 aliphatic rings. The number of rotatable bonds is 6. The molecule has 3 atom stereocenters. The molecule has 0 bridgehead atoms. The second-order valence-electron chi connectivity index (χ2n) is 10.5. The molecule has 9 nitrogen and oxygen atoms in total. The number of benzene rings is 1. The molecule has 2 saturated heterocycles. The van der Waals surface area contributed by atoms with Gasteiger partial charge in [-0.15, -0.1) is 0 Å². The van der Waals surface area contributed by atoms with Crippen LogP contribution in [0.1, 0.15) is 57.9 Å². The molecule has 1 aromatic heterocycles. The van der Waals surface area contributed by atoms with Crippen LogP contribution < -0.4 is 10.6 Å². The first-order valence-electron chi connectivity index (χ1n) is 12.3.